The Hall–Kier alpha value is -3.22. The van der Waals surface area contributed by atoms with E-state index in [1.165, 1.54) is 0 Å². The minimum atomic E-state index is -0.698. The van der Waals surface area contributed by atoms with Crippen molar-refractivity contribution in [2.45, 2.75) is 52.1 Å². The molecule has 1 unspecified atom stereocenters. The number of alkyl carbamates (subject to hydrolysis) is 1. The third-order valence-electron chi connectivity index (χ3n) is 4.17. The molecular formula is C23H27NO6. The van der Waals surface area contributed by atoms with Gasteiger partial charge in [-0.3, -0.25) is 4.79 Å². The van der Waals surface area contributed by atoms with Crippen LogP contribution in [0, 0.1) is 0 Å². The van der Waals surface area contributed by atoms with Crippen LogP contribution in [0.5, 0.6) is 11.5 Å². The number of carbonyl (C=O) groups is 2. The molecule has 0 saturated carbocycles. The second-order valence-electron chi connectivity index (χ2n) is 7.98. The number of rotatable bonds is 7. The van der Waals surface area contributed by atoms with Gasteiger partial charge in [0, 0.05) is 6.54 Å². The van der Waals surface area contributed by atoms with Gasteiger partial charge in [-0.2, -0.15) is 0 Å². The van der Waals surface area contributed by atoms with Crippen molar-refractivity contribution in [2.24, 2.45) is 0 Å². The van der Waals surface area contributed by atoms with Crippen molar-refractivity contribution in [1.82, 2.24) is 5.32 Å². The summed E-state index contributed by atoms with van der Waals surface area (Å²) in [5.41, 5.74) is 1.35. The molecule has 1 atom stereocenters. The lowest BCUT2D eigenvalue weighted by Gasteiger charge is -2.20. The summed E-state index contributed by atoms with van der Waals surface area (Å²) in [6, 6.07) is 15.0. The lowest BCUT2D eigenvalue weighted by molar-refractivity contribution is -0.159. The molecule has 3 rings (SSSR count). The van der Waals surface area contributed by atoms with Crippen molar-refractivity contribution in [3.63, 3.8) is 0 Å². The first-order valence-corrected chi connectivity index (χ1v) is 9.91. The van der Waals surface area contributed by atoms with Crippen molar-refractivity contribution in [3.8, 4) is 11.5 Å². The van der Waals surface area contributed by atoms with Crippen LogP contribution in [-0.4, -0.2) is 30.5 Å². The molecule has 1 aliphatic heterocycles. The summed E-state index contributed by atoms with van der Waals surface area (Å²) in [5, 5.41) is 2.73. The zero-order valence-electron chi connectivity index (χ0n) is 17.5. The molecule has 0 aliphatic carbocycles. The molecular weight excluding hydrogens is 386 g/mol. The SMILES string of the molecule is CC(C)(C)OC(=O)CC1Oc2ccc(CCNC(=O)OCc3ccccc3)cc2O1. The molecule has 30 heavy (non-hydrogen) atoms. The number of carbonyl (C=O) groups excluding carboxylic acids is 2. The van der Waals surface area contributed by atoms with E-state index in [9.17, 15) is 9.59 Å². The molecule has 0 saturated heterocycles. The van der Waals surface area contributed by atoms with Crippen LogP contribution in [0.1, 0.15) is 38.3 Å². The van der Waals surface area contributed by atoms with E-state index in [0.29, 0.717) is 24.5 Å². The highest BCUT2D eigenvalue weighted by Gasteiger charge is 2.29. The summed E-state index contributed by atoms with van der Waals surface area (Å²) in [6.45, 7) is 6.10. The van der Waals surface area contributed by atoms with Crippen molar-refractivity contribution in [1.29, 1.82) is 0 Å². The average Bonchev–Trinajstić information content (AvgIpc) is 3.07. The third kappa shape index (κ3) is 6.69. The highest BCUT2D eigenvalue weighted by atomic mass is 16.7. The molecule has 0 radical (unpaired) electrons. The van der Waals surface area contributed by atoms with Gasteiger partial charge in [0.15, 0.2) is 11.5 Å². The van der Waals surface area contributed by atoms with Gasteiger partial charge < -0.3 is 24.3 Å². The Balaban J connectivity index is 1.41. The van der Waals surface area contributed by atoms with Crippen molar-refractivity contribution in [2.75, 3.05) is 6.54 Å². The predicted octanol–water partition coefficient (Wildman–Crippen LogP) is 3.98. The Bertz CT molecular complexity index is 875. The molecule has 0 fully saturated rings. The molecule has 2 aromatic rings. The topological polar surface area (TPSA) is 83.1 Å². The van der Waals surface area contributed by atoms with Gasteiger partial charge in [-0.15, -0.1) is 0 Å². The second kappa shape index (κ2) is 9.52. The first-order chi connectivity index (χ1) is 14.3. The number of ether oxygens (including phenoxy) is 4. The lowest BCUT2D eigenvalue weighted by Crippen LogP contribution is -2.29. The zero-order valence-corrected chi connectivity index (χ0v) is 17.5. The molecule has 0 bridgehead atoms. The molecule has 1 N–H and O–H groups in total. The van der Waals surface area contributed by atoms with Gasteiger partial charge in [-0.05, 0) is 50.5 Å². The van der Waals surface area contributed by atoms with Gasteiger partial charge in [0.1, 0.15) is 18.6 Å². The molecule has 160 valence electrons. The van der Waals surface area contributed by atoms with Crippen LogP contribution in [0.2, 0.25) is 0 Å². The van der Waals surface area contributed by atoms with E-state index < -0.39 is 18.0 Å². The van der Waals surface area contributed by atoms with E-state index in [1.54, 1.807) is 6.07 Å². The molecule has 7 nitrogen and oxygen atoms in total. The van der Waals surface area contributed by atoms with E-state index in [4.69, 9.17) is 18.9 Å². The summed E-state index contributed by atoms with van der Waals surface area (Å²) in [6.07, 6.45) is -0.544. The van der Waals surface area contributed by atoms with Gasteiger partial charge >= 0.3 is 12.1 Å². The average molecular weight is 413 g/mol. The van der Waals surface area contributed by atoms with E-state index >= 15 is 0 Å². The Kier molecular flexibility index (Phi) is 6.82. The van der Waals surface area contributed by atoms with E-state index in [0.717, 1.165) is 11.1 Å². The second-order valence-corrected chi connectivity index (χ2v) is 7.98. The fourth-order valence-electron chi connectivity index (χ4n) is 2.89. The minimum absolute atomic E-state index is 0.0100. The molecule has 0 aromatic heterocycles. The third-order valence-corrected chi connectivity index (χ3v) is 4.17. The van der Waals surface area contributed by atoms with Crippen LogP contribution in [0.15, 0.2) is 48.5 Å². The van der Waals surface area contributed by atoms with E-state index in [2.05, 4.69) is 5.32 Å². The summed E-state index contributed by atoms with van der Waals surface area (Å²) >= 11 is 0. The van der Waals surface area contributed by atoms with Crippen molar-refractivity contribution >= 4 is 12.1 Å². The first kappa shape index (κ1) is 21.5. The smallest absolute Gasteiger partial charge is 0.407 e. The molecule has 1 aliphatic rings. The Morgan fingerprint density at radius 2 is 1.73 bits per heavy atom. The Labute approximate surface area is 176 Å². The minimum Gasteiger partial charge on any atom is -0.460 e. The van der Waals surface area contributed by atoms with Crippen LogP contribution in [0.25, 0.3) is 0 Å². The van der Waals surface area contributed by atoms with Crippen LogP contribution >= 0.6 is 0 Å². The number of esters is 1. The number of amides is 1. The summed E-state index contributed by atoms with van der Waals surface area (Å²) in [4.78, 5) is 23.8. The van der Waals surface area contributed by atoms with Gasteiger partial charge in [0.2, 0.25) is 0 Å². The maximum Gasteiger partial charge on any atom is 0.407 e. The number of hydrogen-bond donors (Lipinski definition) is 1. The number of nitrogens with one attached hydrogen (secondary N) is 1. The van der Waals surface area contributed by atoms with Crippen LogP contribution in [0.3, 0.4) is 0 Å². The number of hydrogen-bond acceptors (Lipinski definition) is 6. The predicted molar refractivity (Wildman–Crippen MR) is 110 cm³/mol. The monoisotopic (exact) mass is 413 g/mol. The Morgan fingerprint density at radius 1 is 1.00 bits per heavy atom. The lowest BCUT2D eigenvalue weighted by atomic mass is 10.1. The first-order valence-electron chi connectivity index (χ1n) is 9.91. The van der Waals surface area contributed by atoms with Gasteiger partial charge in [-0.25, -0.2) is 4.79 Å². The van der Waals surface area contributed by atoms with Gasteiger partial charge in [-0.1, -0.05) is 36.4 Å². The molecule has 1 heterocycles. The summed E-state index contributed by atoms with van der Waals surface area (Å²) in [7, 11) is 0. The standard InChI is InChI=1S/C23H27NO6/c1-23(2,3)30-20(25)14-21-28-18-10-9-16(13-19(18)29-21)11-12-24-22(26)27-15-17-7-5-4-6-8-17/h4-10,13,21H,11-12,14-15H2,1-3H3,(H,24,26). The Morgan fingerprint density at radius 3 is 2.47 bits per heavy atom. The fourth-order valence-corrected chi connectivity index (χ4v) is 2.89. The number of benzene rings is 2. The normalized spacial score (nSPS) is 14.8. The number of fused-ring (bicyclic) bond motifs is 1. The van der Waals surface area contributed by atoms with Crippen LogP contribution < -0.4 is 14.8 Å². The van der Waals surface area contributed by atoms with E-state index in [-0.39, 0.29) is 19.0 Å². The fraction of sp³-hybridized carbons (Fsp3) is 0.391. The largest absolute Gasteiger partial charge is 0.460 e. The summed E-state index contributed by atoms with van der Waals surface area (Å²) in [5.74, 6) is 0.786. The van der Waals surface area contributed by atoms with Crippen molar-refractivity contribution in [3.05, 3.63) is 59.7 Å². The maximum absolute atomic E-state index is 11.9. The molecule has 7 heteroatoms. The van der Waals surface area contributed by atoms with Crippen LogP contribution in [0.4, 0.5) is 4.79 Å². The highest BCUT2D eigenvalue weighted by molar-refractivity contribution is 5.70. The molecule has 0 spiro atoms. The molecule has 2 aromatic carbocycles. The molecule has 1 amide bonds. The van der Waals surface area contributed by atoms with Gasteiger partial charge in [0.25, 0.3) is 6.29 Å². The van der Waals surface area contributed by atoms with E-state index in [1.807, 2.05) is 63.2 Å². The van der Waals surface area contributed by atoms with Crippen LogP contribution in [-0.2, 0) is 27.3 Å². The zero-order chi connectivity index (χ0) is 21.6. The quantitative estimate of drug-likeness (QED) is 0.691. The maximum atomic E-state index is 11.9. The summed E-state index contributed by atoms with van der Waals surface area (Å²) < 4.78 is 21.8. The highest BCUT2D eigenvalue weighted by Crippen LogP contribution is 2.36. The van der Waals surface area contributed by atoms with Gasteiger partial charge in [0.05, 0.1) is 0 Å². The van der Waals surface area contributed by atoms with Crippen molar-refractivity contribution < 1.29 is 28.5 Å².